The molecule has 0 aliphatic rings. The molecule has 0 rings (SSSR count). The van der Waals surface area contributed by atoms with Gasteiger partial charge in [0.25, 0.3) is 0 Å². The molecular weight excluding hydrogens is 232 g/mol. The molecule has 1 unspecified atom stereocenters. The summed E-state index contributed by atoms with van der Waals surface area (Å²) in [6.45, 7) is 12.4. The molecule has 0 aliphatic heterocycles. The maximum absolute atomic E-state index is 6.14. The van der Waals surface area contributed by atoms with Crippen LogP contribution in [0, 0.1) is 5.41 Å². The third-order valence-corrected chi connectivity index (χ3v) is 3.85. The van der Waals surface area contributed by atoms with Gasteiger partial charge in [-0.1, -0.05) is 86.0 Å². The van der Waals surface area contributed by atoms with E-state index in [4.69, 9.17) is 4.74 Å². The van der Waals surface area contributed by atoms with E-state index < -0.39 is 0 Å². The highest BCUT2D eigenvalue weighted by atomic mass is 16.5. The molecule has 1 atom stereocenters. The van der Waals surface area contributed by atoms with Crippen LogP contribution in [-0.2, 0) is 4.74 Å². The van der Waals surface area contributed by atoms with Crippen molar-refractivity contribution in [3.8, 4) is 0 Å². The summed E-state index contributed by atoms with van der Waals surface area (Å²) in [6.07, 6.45) is 13.7. The Labute approximate surface area is 122 Å². The van der Waals surface area contributed by atoms with Crippen molar-refractivity contribution in [2.24, 2.45) is 5.41 Å². The van der Waals surface area contributed by atoms with Crippen molar-refractivity contribution in [1.29, 1.82) is 0 Å². The van der Waals surface area contributed by atoms with Crippen LogP contribution in [0.1, 0.15) is 98.8 Å². The van der Waals surface area contributed by atoms with E-state index in [1.54, 1.807) is 0 Å². The van der Waals surface area contributed by atoms with Crippen LogP contribution < -0.4 is 0 Å². The van der Waals surface area contributed by atoms with E-state index in [-0.39, 0.29) is 5.41 Å². The SMILES string of the molecule is CCCCCCCCC(OCCCCC)C(C)(C)C. The largest absolute Gasteiger partial charge is 0.378 e. The van der Waals surface area contributed by atoms with Crippen LogP contribution in [0.25, 0.3) is 0 Å². The van der Waals surface area contributed by atoms with E-state index in [0.29, 0.717) is 6.10 Å². The highest BCUT2D eigenvalue weighted by molar-refractivity contribution is 4.74. The van der Waals surface area contributed by atoms with E-state index >= 15 is 0 Å². The van der Waals surface area contributed by atoms with Crippen LogP contribution in [0.4, 0.5) is 0 Å². The van der Waals surface area contributed by atoms with Gasteiger partial charge in [-0.25, -0.2) is 0 Å². The number of hydrogen-bond donors (Lipinski definition) is 0. The smallest absolute Gasteiger partial charge is 0.0623 e. The predicted octanol–water partition coefficient (Wildman–Crippen LogP) is 6.36. The zero-order valence-electron chi connectivity index (χ0n) is 14.3. The number of unbranched alkanes of at least 4 members (excludes halogenated alkanes) is 7. The van der Waals surface area contributed by atoms with E-state index in [2.05, 4.69) is 34.6 Å². The molecule has 0 saturated heterocycles. The molecule has 116 valence electrons. The zero-order valence-corrected chi connectivity index (χ0v) is 14.3. The molecule has 0 spiro atoms. The molecule has 0 bridgehead atoms. The van der Waals surface area contributed by atoms with Gasteiger partial charge in [-0.05, 0) is 18.3 Å². The highest BCUT2D eigenvalue weighted by Gasteiger charge is 2.24. The van der Waals surface area contributed by atoms with Crippen LogP contribution in [0.15, 0.2) is 0 Å². The number of hydrogen-bond acceptors (Lipinski definition) is 1. The van der Waals surface area contributed by atoms with Crippen molar-refractivity contribution in [2.75, 3.05) is 6.61 Å². The standard InChI is InChI=1S/C18H38O/c1-6-8-10-11-12-13-15-17(18(3,4)5)19-16-14-9-7-2/h17H,6-16H2,1-5H3. The van der Waals surface area contributed by atoms with Gasteiger partial charge >= 0.3 is 0 Å². The van der Waals surface area contributed by atoms with Crippen molar-refractivity contribution < 1.29 is 4.74 Å². The summed E-state index contributed by atoms with van der Waals surface area (Å²) in [5.41, 5.74) is 0.287. The van der Waals surface area contributed by atoms with E-state index in [1.807, 2.05) is 0 Å². The molecule has 0 heterocycles. The Kier molecular flexibility index (Phi) is 11.7. The summed E-state index contributed by atoms with van der Waals surface area (Å²) in [5.74, 6) is 0. The minimum absolute atomic E-state index is 0.287. The van der Waals surface area contributed by atoms with Crippen molar-refractivity contribution in [2.45, 2.75) is 105 Å². The van der Waals surface area contributed by atoms with Gasteiger partial charge in [-0.15, -0.1) is 0 Å². The van der Waals surface area contributed by atoms with Crippen LogP contribution >= 0.6 is 0 Å². The molecule has 19 heavy (non-hydrogen) atoms. The Morgan fingerprint density at radius 1 is 0.737 bits per heavy atom. The molecule has 1 nitrogen and oxygen atoms in total. The Balaban J connectivity index is 3.75. The van der Waals surface area contributed by atoms with E-state index in [9.17, 15) is 0 Å². The summed E-state index contributed by atoms with van der Waals surface area (Å²) in [5, 5.41) is 0. The van der Waals surface area contributed by atoms with Gasteiger partial charge in [0.2, 0.25) is 0 Å². The van der Waals surface area contributed by atoms with Crippen molar-refractivity contribution >= 4 is 0 Å². The van der Waals surface area contributed by atoms with E-state index in [0.717, 1.165) is 6.61 Å². The van der Waals surface area contributed by atoms with Gasteiger partial charge in [-0.3, -0.25) is 0 Å². The van der Waals surface area contributed by atoms with Gasteiger partial charge < -0.3 is 4.74 Å². The summed E-state index contributed by atoms with van der Waals surface area (Å²) < 4.78 is 6.14. The quantitative estimate of drug-likeness (QED) is 0.375. The molecule has 0 aliphatic carbocycles. The fourth-order valence-corrected chi connectivity index (χ4v) is 2.45. The number of ether oxygens (including phenoxy) is 1. The van der Waals surface area contributed by atoms with Gasteiger partial charge in [-0.2, -0.15) is 0 Å². The first kappa shape index (κ1) is 19.0. The Bertz CT molecular complexity index is 181. The lowest BCUT2D eigenvalue weighted by Crippen LogP contribution is -2.29. The minimum Gasteiger partial charge on any atom is -0.378 e. The lowest BCUT2D eigenvalue weighted by atomic mass is 9.85. The second-order valence-corrected chi connectivity index (χ2v) is 6.99. The van der Waals surface area contributed by atoms with Gasteiger partial charge in [0.15, 0.2) is 0 Å². The molecule has 0 amide bonds. The fourth-order valence-electron chi connectivity index (χ4n) is 2.45. The summed E-state index contributed by atoms with van der Waals surface area (Å²) in [4.78, 5) is 0. The molecule has 0 aromatic carbocycles. The first-order valence-electron chi connectivity index (χ1n) is 8.64. The maximum Gasteiger partial charge on any atom is 0.0623 e. The third kappa shape index (κ3) is 11.5. The number of rotatable bonds is 12. The van der Waals surface area contributed by atoms with Gasteiger partial charge in [0, 0.05) is 6.61 Å². The lowest BCUT2D eigenvalue weighted by molar-refractivity contribution is -0.0255. The monoisotopic (exact) mass is 270 g/mol. The first-order chi connectivity index (χ1) is 9.02. The molecule has 1 heteroatoms. The molecule has 0 aromatic rings. The normalized spacial score (nSPS) is 13.7. The fraction of sp³-hybridized carbons (Fsp3) is 1.00. The Morgan fingerprint density at radius 3 is 1.84 bits per heavy atom. The van der Waals surface area contributed by atoms with Gasteiger partial charge in [0.1, 0.15) is 0 Å². The molecule has 0 radical (unpaired) electrons. The third-order valence-electron chi connectivity index (χ3n) is 3.85. The van der Waals surface area contributed by atoms with Crippen molar-refractivity contribution in [3.05, 3.63) is 0 Å². The average Bonchev–Trinajstić information content (AvgIpc) is 2.34. The Morgan fingerprint density at radius 2 is 1.26 bits per heavy atom. The van der Waals surface area contributed by atoms with Crippen LogP contribution in [0.3, 0.4) is 0 Å². The first-order valence-corrected chi connectivity index (χ1v) is 8.64. The predicted molar refractivity (Wildman–Crippen MR) is 86.7 cm³/mol. The van der Waals surface area contributed by atoms with Crippen LogP contribution in [0.2, 0.25) is 0 Å². The lowest BCUT2D eigenvalue weighted by Gasteiger charge is -2.31. The van der Waals surface area contributed by atoms with Crippen LogP contribution in [0.5, 0.6) is 0 Å². The highest BCUT2D eigenvalue weighted by Crippen LogP contribution is 2.27. The maximum atomic E-state index is 6.14. The van der Waals surface area contributed by atoms with E-state index in [1.165, 1.54) is 64.2 Å². The van der Waals surface area contributed by atoms with Crippen molar-refractivity contribution in [3.63, 3.8) is 0 Å². The average molecular weight is 271 g/mol. The topological polar surface area (TPSA) is 9.23 Å². The minimum atomic E-state index is 0.287. The molecule has 0 fully saturated rings. The summed E-state index contributed by atoms with van der Waals surface area (Å²) in [6, 6.07) is 0. The molecular formula is C18H38O. The second-order valence-electron chi connectivity index (χ2n) is 6.99. The molecule has 0 saturated carbocycles. The molecule has 0 aromatic heterocycles. The summed E-state index contributed by atoms with van der Waals surface area (Å²) in [7, 11) is 0. The second kappa shape index (κ2) is 11.8. The zero-order chi connectivity index (χ0) is 14.6. The van der Waals surface area contributed by atoms with Gasteiger partial charge in [0.05, 0.1) is 6.10 Å². The Hall–Kier alpha value is -0.0400. The summed E-state index contributed by atoms with van der Waals surface area (Å²) >= 11 is 0. The van der Waals surface area contributed by atoms with Crippen molar-refractivity contribution in [1.82, 2.24) is 0 Å². The van der Waals surface area contributed by atoms with Crippen LogP contribution in [-0.4, -0.2) is 12.7 Å². The molecule has 0 N–H and O–H groups in total.